The smallest absolute Gasteiger partial charge is 0.120 e. The van der Waals surface area contributed by atoms with E-state index in [9.17, 15) is 5.11 Å². The van der Waals surface area contributed by atoms with Crippen molar-refractivity contribution in [3.63, 3.8) is 0 Å². The van der Waals surface area contributed by atoms with E-state index < -0.39 is 0 Å². The Morgan fingerprint density at radius 2 is 2.27 bits per heavy atom. The first kappa shape index (κ1) is 6.68. The fourth-order valence-electron chi connectivity index (χ4n) is 1.70. The molecule has 0 saturated carbocycles. The van der Waals surface area contributed by atoms with Crippen molar-refractivity contribution in [2.75, 3.05) is 0 Å². The first-order chi connectivity index (χ1) is 5.29. The second kappa shape index (κ2) is 2.24. The monoisotopic (exact) mass is 149 g/mol. The summed E-state index contributed by atoms with van der Waals surface area (Å²) in [5, 5.41) is 9.42. The molecule has 58 valence electrons. The molecule has 0 saturated heterocycles. The molecular formula is C9H11NO. The van der Waals surface area contributed by atoms with Crippen molar-refractivity contribution in [1.82, 2.24) is 0 Å². The summed E-state index contributed by atoms with van der Waals surface area (Å²) < 4.78 is 0. The summed E-state index contributed by atoms with van der Waals surface area (Å²) in [6.07, 6.45) is 1.97. The highest BCUT2D eigenvalue weighted by Gasteiger charge is 2.21. The van der Waals surface area contributed by atoms with Gasteiger partial charge in [-0.25, -0.2) is 0 Å². The summed E-state index contributed by atoms with van der Waals surface area (Å²) >= 11 is 0. The molecule has 1 atom stereocenters. The van der Waals surface area contributed by atoms with Gasteiger partial charge in [-0.05, 0) is 24.5 Å². The molecule has 1 aliphatic carbocycles. The number of rotatable bonds is 0. The second-order valence-electron chi connectivity index (χ2n) is 3.00. The molecule has 2 nitrogen and oxygen atoms in total. The molecule has 0 heterocycles. The fraction of sp³-hybridized carbons (Fsp3) is 0.333. The zero-order valence-corrected chi connectivity index (χ0v) is 6.25. The molecule has 1 aromatic carbocycles. The van der Waals surface area contributed by atoms with Crippen molar-refractivity contribution in [1.29, 1.82) is 0 Å². The van der Waals surface area contributed by atoms with Gasteiger partial charge in [0.25, 0.3) is 0 Å². The number of fused-ring (bicyclic) bond motifs is 1. The maximum atomic E-state index is 9.42. The Kier molecular flexibility index (Phi) is 1.36. The Hall–Kier alpha value is -1.02. The van der Waals surface area contributed by atoms with Crippen LogP contribution >= 0.6 is 0 Å². The third kappa shape index (κ3) is 0.906. The van der Waals surface area contributed by atoms with E-state index in [1.807, 2.05) is 12.1 Å². The lowest BCUT2D eigenvalue weighted by atomic mass is 10.1. The standard InChI is InChI=1S/C9H11NO/c10-7-5-4-6-2-1-3-8(11)9(6)7/h1-3,7,11H,4-5,10H2/t7-/m1/s1. The van der Waals surface area contributed by atoms with Gasteiger partial charge >= 0.3 is 0 Å². The Balaban J connectivity index is 2.58. The van der Waals surface area contributed by atoms with E-state index >= 15 is 0 Å². The van der Waals surface area contributed by atoms with Crippen molar-refractivity contribution in [3.05, 3.63) is 29.3 Å². The lowest BCUT2D eigenvalue weighted by Crippen LogP contribution is -2.05. The molecule has 1 aliphatic rings. The second-order valence-corrected chi connectivity index (χ2v) is 3.00. The highest BCUT2D eigenvalue weighted by molar-refractivity contribution is 5.44. The van der Waals surface area contributed by atoms with Crippen LogP contribution < -0.4 is 5.73 Å². The zero-order chi connectivity index (χ0) is 7.84. The number of nitrogens with two attached hydrogens (primary N) is 1. The normalized spacial score (nSPS) is 21.7. The number of aryl methyl sites for hydroxylation is 1. The van der Waals surface area contributed by atoms with Gasteiger partial charge in [0.15, 0.2) is 0 Å². The summed E-state index contributed by atoms with van der Waals surface area (Å²) in [5.74, 6) is 0.354. The van der Waals surface area contributed by atoms with Crippen LogP contribution in [0.15, 0.2) is 18.2 Å². The van der Waals surface area contributed by atoms with Gasteiger partial charge in [0, 0.05) is 11.6 Å². The molecule has 0 fully saturated rings. The van der Waals surface area contributed by atoms with Gasteiger partial charge in [0.2, 0.25) is 0 Å². The molecule has 0 spiro atoms. The van der Waals surface area contributed by atoms with E-state index in [1.165, 1.54) is 5.56 Å². The van der Waals surface area contributed by atoms with Crippen LogP contribution in [0.3, 0.4) is 0 Å². The van der Waals surface area contributed by atoms with Crippen LogP contribution in [0.5, 0.6) is 5.75 Å². The van der Waals surface area contributed by atoms with Gasteiger partial charge in [0.1, 0.15) is 5.75 Å². The van der Waals surface area contributed by atoms with Crippen LogP contribution in [-0.2, 0) is 6.42 Å². The van der Waals surface area contributed by atoms with Crippen molar-refractivity contribution >= 4 is 0 Å². The molecule has 0 radical (unpaired) electrons. The molecule has 0 aliphatic heterocycles. The Morgan fingerprint density at radius 1 is 1.45 bits per heavy atom. The maximum Gasteiger partial charge on any atom is 0.120 e. The van der Waals surface area contributed by atoms with E-state index in [4.69, 9.17) is 5.73 Å². The van der Waals surface area contributed by atoms with Crippen molar-refractivity contribution in [3.8, 4) is 5.75 Å². The number of benzene rings is 1. The molecule has 0 aromatic heterocycles. The lowest BCUT2D eigenvalue weighted by Gasteiger charge is -2.05. The quantitative estimate of drug-likeness (QED) is 0.584. The molecule has 0 bridgehead atoms. The molecule has 2 heteroatoms. The molecule has 3 N–H and O–H groups in total. The van der Waals surface area contributed by atoms with Gasteiger partial charge in [-0.2, -0.15) is 0 Å². The van der Waals surface area contributed by atoms with E-state index in [0.717, 1.165) is 18.4 Å². The topological polar surface area (TPSA) is 46.2 Å². The zero-order valence-electron chi connectivity index (χ0n) is 6.25. The third-order valence-electron chi connectivity index (χ3n) is 2.27. The number of aromatic hydroxyl groups is 1. The number of hydrogen-bond donors (Lipinski definition) is 2. The third-order valence-corrected chi connectivity index (χ3v) is 2.27. The lowest BCUT2D eigenvalue weighted by molar-refractivity contribution is 0.463. The summed E-state index contributed by atoms with van der Waals surface area (Å²) in [6.45, 7) is 0. The highest BCUT2D eigenvalue weighted by atomic mass is 16.3. The average Bonchev–Trinajstić information content (AvgIpc) is 2.34. The van der Waals surface area contributed by atoms with Crippen LogP contribution in [0, 0.1) is 0 Å². The first-order valence-corrected chi connectivity index (χ1v) is 3.85. The largest absolute Gasteiger partial charge is 0.508 e. The van der Waals surface area contributed by atoms with Gasteiger partial charge in [-0.1, -0.05) is 12.1 Å². The van der Waals surface area contributed by atoms with Crippen LogP contribution in [0.1, 0.15) is 23.6 Å². The average molecular weight is 149 g/mol. The Morgan fingerprint density at radius 3 is 3.00 bits per heavy atom. The summed E-state index contributed by atoms with van der Waals surface area (Å²) in [6, 6.07) is 5.64. The molecule has 11 heavy (non-hydrogen) atoms. The highest BCUT2D eigenvalue weighted by Crippen LogP contribution is 2.35. The molecule has 1 aromatic rings. The van der Waals surface area contributed by atoms with Crippen molar-refractivity contribution < 1.29 is 5.11 Å². The molecular weight excluding hydrogens is 138 g/mol. The maximum absolute atomic E-state index is 9.42. The SMILES string of the molecule is N[C@@H]1CCc2cccc(O)c21. The van der Waals surface area contributed by atoms with Gasteiger partial charge in [-0.15, -0.1) is 0 Å². The first-order valence-electron chi connectivity index (χ1n) is 3.85. The van der Waals surface area contributed by atoms with Crippen molar-refractivity contribution in [2.24, 2.45) is 5.73 Å². The number of hydrogen-bond acceptors (Lipinski definition) is 2. The van der Waals surface area contributed by atoms with Crippen LogP contribution in [0.4, 0.5) is 0 Å². The Labute approximate surface area is 65.7 Å². The van der Waals surface area contributed by atoms with E-state index in [0.29, 0.717) is 5.75 Å². The van der Waals surface area contributed by atoms with Gasteiger partial charge in [-0.3, -0.25) is 0 Å². The summed E-state index contributed by atoms with van der Waals surface area (Å²) in [7, 11) is 0. The van der Waals surface area contributed by atoms with Gasteiger partial charge in [0.05, 0.1) is 0 Å². The van der Waals surface area contributed by atoms with E-state index in [-0.39, 0.29) is 6.04 Å². The van der Waals surface area contributed by atoms with E-state index in [2.05, 4.69) is 0 Å². The minimum absolute atomic E-state index is 0.0474. The molecule has 0 amide bonds. The summed E-state index contributed by atoms with van der Waals surface area (Å²) in [4.78, 5) is 0. The van der Waals surface area contributed by atoms with Gasteiger partial charge < -0.3 is 10.8 Å². The van der Waals surface area contributed by atoms with Crippen molar-refractivity contribution in [2.45, 2.75) is 18.9 Å². The van der Waals surface area contributed by atoms with Crippen LogP contribution in [0.2, 0.25) is 0 Å². The van der Waals surface area contributed by atoms with Crippen LogP contribution in [0.25, 0.3) is 0 Å². The molecule has 2 rings (SSSR count). The number of phenolic OH excluding ortho intramolecular Hbond substituents is 1. The predicted molar refractivity (Wildman–Crippen MR) is 43.4 cm³/mol. The summed E-state index contributed by atoms with van der Waals surface area (Å²) in [5.41, 5.74) is 7.94. The minimum Gasteiger partial charge on any atom is -0.508 e. The Bertz CT molecular complexity index is 283. The van der Waals surface area contributed by atoms with Crippen LogP contribution in [-0.4, -0.2) is 5.11 Å². The predicted octanol–water partition coefficient (Wildman–Crippen LogP) is 1.34. The fourth-order valence-corrected chi connectivity index (χ4v) is 1.70. The molecule has 0 unspecified atom stereocenters. The minimum atomic E-state index is 0.0474. The number of phenols is 1. The van der Waals surface area contributed by atoms with E-state index in [1.54, 1.807) is 6.07 Å².